The SMILES string of the molecule is CC[C@@H](CO)NS(=O)(=O)c1ccc(OC)c(OC)c1. The van der Waals surface area contributed by atoms with Crippen LogP contribution in [0.3, 0.4) is 0 Å². The first-order valence-corrected chi connectivity index (χ1v) is 7.32. The van der Waals surface area contributed by atoms with Gasteiger partial charge in [0.1, 0.15) is 0 Å². The summed E-state index contributed by atoms with van der Waals surface area (Å²) in [6.07, 6.45) is 0.503. The van der Waals surface area contributed by atoms with E-state index in [9.17, 15) is 8.42 Å². The summed E-state index contributed by atoms with van der Waals surface area (Å²) in [4.78, 5) is 0.0667. The Balaban J connectivity index is 3.08. The van der Waals surface area contributed by atoms with E-state index in [1.807, 2.05) is 0 Å². The minimum atomic E-state index is -3.69. The number of hydrogen-bond acceptors (Lipinski definition) is 5. The first-order chi connectivity index (χ1) is 8.98. The second-order valence-corrected chi connectivity index (χ2v) is 5.64. The quantitative estimate of drug-likeness (QED) is 0.774. The van der Waals surface area contributed by atoms with Crippen LogP contribution >= 0.6 is 0 Å². The molecule has 0 aliphatic rings. The molecule has 0 saturated heterocycles. The Morgan fingerprint density at radius 1 is 1.26 bits per heavy atom. The molecule has 1 aromatic rings. The van der Waals surface area contributed by atoms with E-state index in [4.69, 9.17) is 14.6 Å². The smallest absolute Gasteiger partial charge is 0.241 e. The molecule has 108 valence electrons. The molecule has 0 aromatic heterocycles. The van der Waals surface area contributed by atoms with Crippen molar-refractivity contribution in [3.8, 4) is 11.5 Å². The zero-order chi connectivity index (χ0) is 14.5. The zero-order valence-corrected chi connectivity index (χ0v) is 12.0. The molecule has 1 aromatic carbocycles. The molecule has 0 unspecified atom stereocenters. The average Bonchev–Trinajstić information content (AvgIpc) is 2.43. The number of rotatable bonds is 7. The molecule has 6 nitrogen and oxygen atoms in total. The number of benzene rings is 1. The van der Waals surface area contributed by atoms with Crippen LogP contribution in [0, 0.1) is 0 Å². The summed E-state index contributed by atoms with van der Waals surface area (Å²) >= 11 is 0. The first-order valence-electron chi connectivity index (χ1n) is 5.83. The van der Waals surface area contributed by atoms with Crippen molar-refractivity contribution in [2.24, 2.45) is 0 Å². The molecular weight excluding hydrogens is 270 g/mol. The summed E-state index contributed by atoms with van der Waals surface area (Å²) in [6, 6.07) is 3.82. The van der Waals surface area contributed by atoms with E-state index in [-0.39, 0.29) is 11.5 Å². The Kier molecular flexibility index (Phi) is 5.59. The van der Waals surface area contributed by atoms with Gasteiger partial charge in [-0.1, -0.05) is 6.92 Å². The van der Waals surface area contributed by atoms with Crippen molar-refractivity contribution in [1.29, 1.82) is 0 Å². The standard InChI is InChI=1S/C12H19NO5S/c1-4-9(8-14)13-19(15,16)10-5-6-11(17-2)12(7-10)18-3/h5-7,9,13-14H,4,8H2,1-3H3/t9-/m0/s1. The fourth-order valence-corrected chi connectivity index (χ4v) is 2.85. The molecule has 0 bridgehead atoms. The lowest BCUT2D eigenvalue weighted by Gasteiger charge is -2.15. The molecule has 0 aliphatic heterocycles. The lowest BCUT2D eigenvalue weighted by atomic mass is 10.3. The van der Waals surface area contributed by atoms with E-state index in [0.717, 1.165) is 0 Å². The van der Waals surface area contributed by atoms with Crippen molar-refractivity contribution >= 4 is 10.0 Å². The highest BCUT2D eigenvalue weighted by Gasteiger charge is 2.20. The minimum Gasteiger partial charge on any atom is -0.493 e. The van der Waals surface area contributed by atoms with E-state index in [2.05, 4.69) is 4.72 Å². The first kappa shape index (κ1) is 15.7. The van der Waals surface area contributed by atoms with Crippen molar-refractivity contribution in [2.75, 3.05) is 20.8 Å². The van der Waals surface area contributed by atoms with Crippen LogP contribution in [-0.2, 0) is 10.0 Å². The maximum atomic E-state index is 12.1. The van der Waals surface area contributed by atoms with Crippen LogP contribution in [0.2, 0.25) is 0 Å². The van der Waals surface area contributed by atoms with Gasteiger partial charge in [-0.2, -0.15) is 0 Å². The van der Waals surface area contributed by atoms with E-state index >= 15 is 0 Å². The van der Waals surface area contributed by atoms with Gasteiger partial charge < -0.3 is 14.6 Å². The number of aliphatic hydroxyl groups is 1. The topological polar surface area (TPSA) is 84.9 Å². The van der Waals surface area contributed by atoms with Crippen molar-refractivity contribution in [2.45, 2.75) is 24.3 Å². The zero-order valence-electron chi connectivity index (χ0n) is 11.2. The average molecular weight is 289 g/mol. The summed E-state index contributed by atoms with van der Waals surface area (Å²) in [6.45, 7) is 1.54. The summed E-state index contributed by atoms with van der Waals surface area (Å²) in [5.41, 5.74) is 0. The minimum absolute atomic E-state index is 0.0667. The highest BCUT2D eigenvalue weighted by molar-refractivity contribution is 7.89. The predicted molar refractivity (Wildman–Crippen MR) is 71.0 cm³/mol. The van der Waals surface area contributed by atoms with Gasteiger partial charge in [-0.15, -0.1) is 0 Å². The second-order valence-electron chi connectivity index (χ2n) is 3.93. The molecule has 0 amide bonds. The van der Waals surface area contributed by atoms with E-state index in [1.165, 1.54) is 32.4 Å². The van der Waals surface area contributed by atoms with Gasteiger partial charge in [-0.3, -0.25) is 0 Å². The molecule has 1 atom stereocenters. The van der Waals surface area contributed by atoms with Gasteiger partial charge in [0, 0.05) is 12.1 Å². The number of ether oxygens (including phenoxy) is 2. The van der Waals surface area contributed by atoms with Gasteiger partial charge in [-0.25, -0.2) is 13.1 Å². The van der Waals surface area contributed by atoms with Crippen LogP contribution < -0.4 is 14.2 Å². The molecule has 0 heterocycles. The van der Waals surface area contributed by atoms with Crippen LogP contribution in [0.1, 0.15) is 13.3 Å². The molecule has 0 spiro atoms. The van der Waals surface area contributed by atoms with Gasteiger partial charge >= 0.3 is 0 Å². The highest BCUT2D eigenvalue weighted by atomic mass is 32.2. The number of nitrogens with one attached hydrogen (secondary N) is 1. The van der Waals surface area contributed by atoms with Crippen LogP contribution in [0.15, 0.2) is 23.1 Å². The molecule has 19 heavy (non-hydrogen) atoms. The Hall–Kier alpha value is -1.31. The van der Waals surface area contributed by atoms with Gasteiger partial charge in [-0.05, 0) is 18.6 Å². The summed E-state index contributed by atoms with van der Waals surface area (Å²) in [5.74, 6) is 0.790. The second kappa shape index (κ2) is 6.74. The Bertz CT molecular complexity index is 511. The lowest BCUT2D eigenvalue weighted by Crippen LogP contribution is -2.36. The van der Waals surface area contributed by atoms with Crippen LogP contribution in [0.5, 0.6) is 11.5 Å². The summed E-state index contributed by atoms with van der Waals surface area (Å²) in [7, 11) is -0.777. The van der Waals surface area contributed by atoms with Crippen molar-refractivity contribution in [3.05, 3.63) is 18.2 Å². The molecule has 1 rings (SSSR count). The van der Waals surface area contributed by atoms with Gasteiger partial charge in [0.2, 0.25) is 10.0 Å². The van der Waals surface area contributed by atoms with Crippen LogP contribution in [0.25, 0.3) is 0 Å². The van der Waals surface area contributed by atoms with E-state index in [1.54, 1.807) is 6.92 Å². The van der Waals surface area contributed by atoms with Crippen LogP contribution in [0.4, 0.5) is 0 Å². The number of sulfonamides is 1. The number of aliphatic hydroxyl groups excluding tert-OH is 1. The van der Waals surface area contributed by atoms with Gasteiger partial charge in [0.05, 0.1) is 25.7 Å². The molecule has 0 fully saturated rings. The molecule has 2 N–H and O–H groups in total. The Labute approximate surface area is 113 Å². The van der Waals surface area contributed by atoms with E-state index < -0.39 is 16.1 Å². The molecular formula is C12H19NO5S. The van der Waals surface area contributed by atoms with Crippen molar-refractivity contribution in [3.63, 3.8) is 0 Å². The monoisotopic (exact) mass is 289 g/mol. The third-order valence-electron chi connectivity index (χ3n) is 2.70. The van der Waals surface area contributed by atoms with Crippen LogP contribution in [-0.4, -0.2) is 40.4 Å². The summed E-state index contributed by atoms with van der Waals surface area (Å²) < 4.78 is 36.8. The normalized spacial score (nSPS) is 13.1. The third-order valence-corrected chi connectivity index (χ3v) is 4.22. The summed E-state index contributed by atoms with van der Waals surface area (Å²) in [5, 5.41) is 9.05. The van der Waals surface area contributed by atoms with Gasteiger partial charge in [0.15, 0.2) is 11.5 Å². The van der Waals surface area contributed by atoms with E-state index in [0.29, 0.717) is 17.9 Å². The largest absolute Gasteiger partial charge is 0.493 e. The highest BCUT2D eigenvalue weighted by Crippen LogP contribution is 2.29. The van der Waals surface area contributed by atoms with Crippen molar-refractivity contribution in [1.82, 2.24) is 4.72 Å². The molecule has 0 radical (unpaired) electrons. The fraction of sp³-hybridized carbons (Fsp3) is 0.500. The maximum Gasteiger partial charge on any atom is 0.241 e. The number of hydrogen-bond donors (Lipinski definition) is 2. The number of methoxy groups -OCH3 is 2. The van der Waals surface area contributed by atoms with Gasteiger partial charge in [0.25, 0.3) is 0 Å². The molecule has 0 saturated carbocycles. The fourth-order valence-electron chi connectivity index (χ4n) is 1.52. The molecule has 7 heteroatoms. The third kappa shape index (κ3) is 3.82. The Morgan fingerprint density at radius 2 is 1.89 bits per heavy atom. The lowest BCUT2D eigenvalue weighted by molar-refractivity contribution is 0.254. The predicted octanol–water partition coefficient (Wildman–Crippen LogP) is 0.753. The van der Waals surface area contributed by atoms with Crippen molar-refractivity contribution < 1.29 is 23.0 Å². The molecule has 0 aliphatic carbocycles. The maximum absolute atomic E-state index is 12.1. The Morgan fingerprint density at radius 3 is 2.37 bits per heavy atom.